The maximum Gasteiger partial charge on any atom is 0.327 e. The SMILES string of the molecule is N#CCC(C(=O)O)N1CCc2ccccc21. The van der Waals surface area contributed by atoms with E-state index < -0.39 is 12.0 Å². The van der Waals surface area contributed by atoms with Crippen molar-refractivity contribution < 1.29 is 9.90 Å². The van der Waals surface area contributed by atoms with Gasteiger partial charge in [0.25, 0.3) is 0 Å². The van der Waals surface area contributed by atoms with Gasteiger partial charge >= 0.3 is 5.97 Å². The van der Waals surface area contributed by atoms with Crippen LogP contribution in [0, 0.1) is 11.3 Å². The molecule has 0 fully saturated rings. The Labute approximate surface area is 93.7 Å². The van der Waals surface area contributed by atoms with Gasteiger partial charge in [-0.1, -0.05) is 18.2 Å². The van der Waals surface area contributed by atoms with E-state index in [0.717, 1.165) is 17.7 Å². The van der Waals surface area contributed by atoms with E-state index in [2.05, 4.69) is 0 Å². The first-order valence-electron chi connectivity index (χ1n) is 5.18. The number of anilines is 1. The average molecular weight is 216 g/mol. The number of hydrogen-bond acceptors (Lipinski definition) is 3. The third-order valence-electron chi connectivity index (χ3n) is 2.87. The van der Waals surface area contributed by atoms with E-state index in [9.17, 15) is 4.79 Å². The van der Waals surface area contributed by atoms with Crippen LogP contribution >= 0.6 is 0 Å². The number of fused-ring (bicyclic) bond motifs is 1. The summed E-state index contributed by atoms with van der Waals surface area (Å²) in [5.41, 5.74) is 2.11. The van der Waals surface area contributed by atoms with Crippen LogP contribution in [0.15, 0.2) is 24.3 Å². The Bertz CT molecular complexity index is 451. The Kier molecular flexibility index (Phi) is 2.78. The van der Waals surface area contributed by atoms with E-state index in [1.807, 2.05) is 30.3 Å². The number of para-hydroxylation sites is 1. The number of rotatable bonds is 3. The Morgan fingerprint density at radius 3 is 3.00 bits per heavy atom. The van der Waals surface area contributed by atoms with Crippen LogP contribution in [0.4, 0.5) is 5.69 Å². The van der Waals surface area contributed by atoms with Crippen molar-refractivity contribution >= 4 is 11.7 Å². The van der Waals surface area contributed by atoms with Gasteiger partial charge in [0.15, 0.2) is 0 Å². The molecule has 4 nitrogen and oxygen atoms in total. The minimum absolute atomic E-state index is 0.0175. The number of carboxylic acid groups (broad SMARTS) is 1. The van der Waals surface area contributed by atoms with Crippen molar-refractivity contribution in [2.45, 2.75) is 18.9 Å². The fourth-order valence-corrected chi connectivity index (χ4v) is 2.10. The van der Waals surface area contributed by atoms with Gasteiger partial charge in [-0.05, 0) is 18.1 Å². The van der Waals surface area contributed by atoms with Gasteiger partial charge in [0.05, 0.1) is 12.5 Å². The summed E-state index contributed by atoms with van der Waals surface area (Å²) in [7, 11) is 0. The zero-order valence-corrected chi connectivity index (χ0v) is 8.76. The van der Waals surface area contributed by atoms with Crippen LogP contribution in [0.2, 0.25) is 0 Å². The molecular weight excluding hydrogens is 204 g/mol. The van der Waals surface area contributed by atoms with Crippen LogP contribution in [-0.2, 0) is 11.2 Å². The molecule has 0 bridgehead atoms. The highest BCUT2D eigenvalue weighted by atomic mass is 16.4. The van der Waals surface area contributed by atoms with Crippen LogP contribution in [-0.4, -0.2) is 23.7 Å². The second kappa shape index (κ2) is 4.23. The smallest absolute Gasteiger partial charge is 0.327 e. The Hall–Kier alpha value is -2.02. The summed E-state index contributed by atoms with van der Waals surface area (Å²) < 4.78 is 0. The van der Waals surface area contributed by atoms with Gasteiger partial charge in [-0.15, -0.1) is 0 Å². The van der Waals surface area contributed by atoms with Crippen molar-refractivity contribution in [2.75, 3.05) is 11.4 Å². The molecule has 1 atom stereocenters. The first kappa shape index (κ1) is 10.5. The zero-order valence-electron chi connectivity index (χ0n) is 8.76. The average Bonchev–Trinajstić information content (AvgIpc) is 2.69. The molecule has 0 amide bonds. The highest BCUT2D eigenvalue weighted by Crippen LogP contribution is 2.29. The number of carbonyl (C=O) groups is 1. The van der Waals surface area contributed by atoms with Crippen LogP contribution in [0.1, 0.15) is 12.0 Å². The molecule has 1 aromatic carbocycles. The normalized spacial score (nSPS) is 15.3. The number of benzene rings is 1. The van der Waals surface area contributed by atoms with E-state index in [1.165, 1.54) is 0 Å². The van der Waals surface area contributed by atoms with Crippen LogP contribution in [0.5, 0.6) is 0 Å². The number of aliphatic carboxylic acids is 1. The van der Waals surface area contributed by atoms with E-state index >= 15 is 0 Å². The summed E-state index contributed by atoms with van der Waals surface area (Å²) >= 11 is 0. The first-order chi connectivity index (χ1) is 7.74. The lowest BCUT2D eigenvalue weighted by Crippen LogP contribution is -2.40. The Morgan fingerprint density at radius 2 is 2.31 bits per heavy atom. The molecule has 0 saturated carbocycles. The van der Waals surface area contributed by atoms with Crippen LogP contribution < -0.4 is 4.90 Å². The lowest BCUT2D eigenvalue weighted by Gasteiger charge is -2.25. The maximum atomic E-state index is 11.1. The highest BCUT2D eigenvalue weighted by Gasteiger charge is 2.30. The van der Waals surface area contributed by atoms with Gasteiger partial charge in [0.1, 0.15) is 6.04 Å². The van der Waals surface area contributed by atoms with E-state index in [4.69, 9.17) is 10.4 Å². The molecule has 0 spiro atoms. The summed E-state index contributed by atoms with van der Waals surface area (Å²) in [5.74, 6) is -0.932. The van der Waals surface area contributed by atoms with Gasteiger partial charge < -0.3 is 10.0 Å². The maximum absolute atomic E-state index is 11.1. The summed E-state index contributed by atoms with van der Waals surface area (Å²) in [6.45, 7) is 0.679. The molecule has 1 aliphatic rings. The minimum Gasteiger partial charge on any atom is -0.480 e. The molecule has 2 rings (SSSR count). The molecule has 82 valence electrons. The van der Waals surface area contributed by atoms with Gasteiger partial charge in [-0.2, -0.15) is 5.26 Å². The summed E-state index contributed by atoms with van der Waals surface area (Å²) in [5, 5.41) is 17.8. The predicted octanol–water partition coefficient (Wildman–Crippen LogP) is 1.42. The topological polar surface area (TPSA) is 64.3 Å². The molecule has 4 heteroatoms. The number of hydrogen-bond donors (Lipinski definition) is 1. The first-order valence-corrected chi connectivity index (χ1v) is 5.18. The Balaban J connectivity index is 2.30. The van der Waals surface area contributed by atoms with Crippen molar-refractivity contribution in [3.8, 4) is 6.07 Å². The zero-order chi connectivity index (χ0) is 11.5. The lowest BCUT2D eigenvalue weighted by atomic mass is 10.1. The molecule has 16 heavy (non-hydrogen) atoms. The van der Waals surface area contributed by atoms with Crippen molar-refractivity contribution in [3.63, 3.8) is 0 Å². The Morgan fingerprint density at radius 1 is 1.56 bits per heavy atom. The lowest BCUT2D eigenvalue weighted by molar-refractivity contribution is -0.138. The number of carboxylic acids is 1. The van der Waals surface area contributed by atoms with Crippen molar-refractivity contribution in [1.82, 2.24) is 0 Å². The minimum atomic E-state index is -0.932. The molecule has 1 unspecified atom stereocenters. The fourth-order valence-electron chi connectivity index (χ4n) is 2.10. The number of nitriles is 1. The molecule has 0 radical (unpaired) electrons. The second-order valence-corrected chi connectivity index (χ2v) is 3.79. The van der Waals surface area contributed by atoms with Gasteiger partial charge in [-0.3, -0.25) is 0 Å². The number of nitrogens with zero attached hydrogens (tertiary/aromatic N) is 2. The van der Waals surface area contributed by atoms with E-state index in [-0.39, 0.29) is 6.42 Å². The standard InChI is InChI=1S/C12H12N2O2/c13-7-5-11(12(15)16)14-8-6-9-3-1-2-4-10(9)14/h1-4,11H,5-6,8H2,(H,15,16). The highest BCUT2D eigenvalue weighted by molar-refractivity contribution is 5.80. The summed E-state index contributed by atoms with van der Waals surface area (Å²) in [4.78, 5) is 12.9. The molecule has 0 aliphatic carbocycles. The summed E-state index contributed by atoms with van der Waals surface area (Å²) in [6.07, 6.45) is 0.870. The van der Waals surface area contributed by atoms with E-state index in [1.54, 1.807) is 4.90 Å². The van der Waals surface area contributed by atoms with Crippen molar-refractivity contribution in [2.24, 2.45) is 0 Å². The monoisotopic (exact) mass is 216 g/mol. The quantitative estimate of drug-likeness (QED) is 0.829. The van der Waals surface area contributed by atoms with Crippen molar-refractivity contribution in [3.05, 3.63) is 29.8 Å². The van der Waals surface area contributed by atoms with Crippen LogP contribution in [0.25, 0.3) is 0 Å². The molecule has 1 aliphatic heterocycles. The van der Waals surface area contributed by atoms with Gasteiger partial charge in [-0.25, -0.2) is 4.79 Å². The largest absolute Gasteiger partial charge is 0.480 e. The van der Waals surface area contributed by atoms with Crippen LogP contribution in [0.3, 0.4) is 0 Å². The second-order valence-electron chi connectivity index (χ2n) is 3.79. The van der Waals surface area contributed by atoms with Gasteiger partial charge in [0, 0.05) is 12.2 Å². The molecule has 0 saturated heterocycles. The third kappa shape index (κ3) is 1.72. The molecule has 1 N–H and O–H groups in total. The third-order valence-corrected chi connectivity index (χ3v) is 2.87. The predicted molar refractivity (Wildman–Crippen MR) is 59.1 cm³/mol. The van der Waals surface area contributed by atoms with E-state index in [0.29, 0.717) is 6.54 Å². The molecular formula is C12H12N2O2. The summed E-state index contributed by atoms with van der Waals surface area (Å²) in [6, 6.07) is 8.96. The molecule has 1 aromatic rings. The molecule has 1 heterocycles. The molecule has 0 aromatic heterocycles. The van der Waals surface area contributed by atoms with Gasteiger partial charge in [0.2, 0.25) is 0 Å². The van der Waals surface area contributed by atoms with Crippen molar-refractivity contribution in [1.29, 1.82) is 5.26 Å². The fraction of sp³-hybridized carbons (Fsp3) is 0.333.